The van der Waals surface area contributed by atoms with Gasteiger partial charge in [-0.3, -0.25) is 4.68 Å². The molecule has 0 aromatic carbocycles. The van der Waals surface area contributed by atoms with Gasteiger partial charge in [-0.1, -0.05) is 20.3 Å². The van der Waals surface area contributed by atoms with E-state index in [-0.39, 0.29) is 0 Å². The maximum Gasteiger partial charge on any atom is 0.0521 e. The normalized spacial score (nSPS) is 13.3. The first kappa shape index (κ1) is 13.2. The Morgan fingerprint density at radius 3 is 2.62 bits per heavy atom. The Hall–Kier alpha value is -0.830. The molecule has 3 heteroatoms. The average Bonchev–Trinajstić information content (AvgIpc) is 2.64. The molecule has 1 heterocycles. The zero-order valence-electron chi connectivity index (χ0n) is 11.0. The van der Waals surface area contributed by atoms with Crippen LogP contribution in [0.1, 0.15) is 38.7 Å². The Kier molecular flexibility index (Phi) is 5.53. The lowest BCUT2D eigenvalue weighted by atomic mass is 9.97. The smallest absolute Gasteiger partial charge is 0.0521 e. The molecule has 1 N–H and O–H groups in total. The minimum atomic E-state index is 0.661. The van der Waals surface area contributed by atoms with E-state index >= 15 is 0 Å². The Balaban J connectivity index is 2.16. The van der Waals surface area contributed by atoms with E-state index in [1.165, 1.54) is 24.8 Å². The molecule has 1 atom stereocenters. The van der Waals surface area contributed by atoms with Crippen LogP contribution in [0.3, 0.4) is 0 Å². The van der Waals surface area contributed by atoms with Gasteiger partial charge in [0.05, 0.1) is 6.20 Å². The SMILES string of the molecule is CNC(CCCCc1cnn(C)c1)C(C)C. The number of unbranched alkanes of at least 4 members (excludes halogenated alkanes) is 1. The molecule has 0 aliphatic heterocycles. The van der Waals surface area contributed by atoms with Crippen molar-refractivity contribution in [2.45, 2.75) is 45.6 Å². The van der Waals surface area contributed by atoms with E-state index in [2.05, 4.69) is 37.5 Å². The highest BCUT2D eigenvalue weighted by atomic mass is 15.2. The van der Waals surface area contributed by atoms with Gasteiger partial charge in [0, 0.05) is 19.3 Å². The molecular weight excluding hydrogens is 198 g/mol. The van der Waals surface area contributed by atoms with E-state index in [0.29, 0.717) is 6.04 Å². The molecule has 92 valence electrons. The molecule has 0 bridgehead atoms. The highest BCUT2D eigenvalue weighted by Gasteiger charge is 2.09. The molecule has 0 radical (unpaired) electrons. The van der Waals surface area contributed by atoms with Gasteiger partial charge >= 0.3 is 0 Å². The fourth-order valence-electron chi connectivity index (χ4n) is 2.11. The van der Waals surface area contributed by atoms with Gasteiger partial charge in [0.1, 0.15) is 0 Å². The molecule has 0 amide bonds. The lowest BCUT2D eigenvalue weighted by Gasteiger charge is -2.19. The van der Waals surface area contributed by atoms with Crippen molar-refractivity contribution in [2.75, 3.05) is 7.05 Å². The first-order valence-corrected chi connectivity index (χ1v) is 6.28. The molecular formula is C13H25N3. The van der Waals surface area contributed by atoms with E-state index < -0.39 is 0 Å². The molecule has 1 rings (SSSR count). The second-order valence-corrected chi connectivity index (χ2v) is 4.91. The molecule has 0 fully saturated rings. The fourth-order valence-corrected chi connectivity index (χ4v) is 2.11. The third-order valence-corrected chi connectivity index (χ3v) is 3.16. The minimum Gasteiger partial charge on any atom is -0.317 e. The van der Waals surface area contributed by atoms with Gasteiger partial charge in [0.2, 0.25) is 0 Å². The summed E-state index contributed by atoms with van der Waals surface area (Å²) in [6, 6.07) is 0.661. The van der Waals surface area contributed by atoms with Crippen LogP contribution in [-0.2, 0) is 13.5 Å². The van der Waals surface area contributed by atoms with Crippen LogP contribution in [0.4, 0.5) is 0 Å². The predicted molar refractivity (Wildman–Crippen MR) is 68.4 cm³/mol. The molecule has 1 aromatic rings. The largest absolute Gasteiger partial charge is 0.317 e. The summed E-state index contributed by atoms with van der Waals surface area (Å²) >= 11 is 0. The summed E-state index contributed by atoms with van der Waals surface area (Å²) in [6.07, 6.45) is 9.06. The second-order valence-electron chi connectivity index (χ2n) is 4.91. The van der Waals surface area contributed by atoms with Crippen LogP contribution < -0.4 is 5.32 Å². The highest BCUT2D eigenvalue weighted by Crippen LogP contribution is 2.11. The van der Waals surface area contributed by atoms with Gasteiger partial charge in [-0.05, 0) is 37.8 Å². The highest BCUT2D eigenvalue weighted by molar-refractivity contribution is 5.03. The van der Waals surface area contributed by atoms with Crippen LogP contribution in [0.25, 0.3) is 0 Å². The summed E-state index contributed by atoms with van der Waals surface area (Å²) in [5.41, 5.74) is 1.35. The summed E-state index contributed by atoms with van der Waals surface area (Å²) in [5, 5.41) is 7.57. The number of aromatic nitrogens is 2. The zero-order chi connectivity index (χ0) is 12.0. The summed E-state index contributed by atoms with van der Waals surface area (Å²) in [5.74, 6) is 0.725. The molecule has 0 spiro atoms. The van der Waals surface area contributed by atoms with Crippen LogP contribution in [0.5, 0.6) is 0 Å². The van der Waals surface area contributed by atoms with Crippen molar-refractivity contribution >= 4 is 0 Å². The number of aryl methyl sites for hydroxylation is 2. The topological polar surface area (TPSA) is 29.9 Å². The maximum atomic E-state index is 4.18. The lowest BCUT2D eigenvalue weighted by molar-refractivity contribution is 0.389. The van der Waals surface area contributed by atoms with E-state index in [0.717, 1.165) is 12.3 Å². The predicted octanol–water partition coefficient (Wildman–Crippen LogP) is 2.38. The Labute approximate surface area is 99.2 Å². The molecule has 0 aliphatic rings. The van der Waals surface area contributed by atoms with Crippen LogP contribution >= 0.6 is 0 Å². The van der Waals surface area contributed by atoms with Crippen molar-refractivity contribution < 1.29 is 0 Å². The van der Waals surface area contributed by atoms with E-state index in [4.69, 9.17) is 0 Å². The number of hydrogen-bond donors (Lipinski definition) is 1. The van der Waals surface area contributed by atoms with Gasteiger partial charge in [0.15, 0.2) is 0 Å². The van der Waals surface area contributed by atoms with Crippen LogP contribution in [0, 0.1) is 5.92 Å². The minimum absolute atomic E-state index is 0.661. The third-order valence-electron chi connectivity index (χ3n) is 3.16. The molecule has 1 unspecified atom stereocenters. The Bertz CT molecular complexity index is 291. The number of hydrogen-bond acceptors (Lipinski definition) is 2. The molecule has 3 nitrogen and oxygen atoms in total. The van der Waals surface area contributed by atoms with Crippen molar-refractivity contribution in [3.8, 4) is 0 Å². The Morgan fingerprint density at radius 1 is 1.38 bits per heavy atom. The van der Waals surface area contributed by atoms with Crippen LogP contribution in [0.2, 0.25) is 0 Å². The fraction of sp³-hybridized carbons (Fsp3) is 0.769. The van der Waals surface area contributed by atoms with Gasteiger partial charge in [-0.15, -0.1) is 0 Å². The number of nitrogens with zero attached hydrogens (tertiary/aromatic N) is 2. The van der Waals surface area contributed by atoms with Gasteiger partial charge in [0.25, 0.3) is 0 Å². The van der Waals surface area contributed by atoms with Crippen molar-refractivity contribution in [3.05, 3.63) is 18.0 Å². The monoisotopic (exact) mass is 223 g/mol. The first-order chi connectivity index (χ1) is 7.63. The maximum absolute atomic E-state index is 4.18. The summed E-state index contributed by atoms with van der Waals surface area (Å²) in [7, 11) is 4.03. The molecule has 16 heavy (non-hydrogen) atoms. The lowest BCUT2D eigenvalue weighted by Crippen LogP contribution is -2.30. The standard InChI is InChI=1S/C13H25N3/c1-11(2)13(14-3)8-6-5-7-12-9-15-16(4)10-12/h9-11,13-14H,5-8H2,1-4H3. The Morgan fingerprint density at radius 2 is 2.12 bits per heavy atom. The van der Waals surface area contributed by atoms with Crippen LogP contribution in [-0.4, -0.2) is 22.9 Å². The first-order valence-electron chi connectivity index (χ1n) is 6.28. The van der Waals surface area contributed by atoms with Gasteiger partial charge in [-0.2, -0.15) is 5.10 Å². The molecule has 0 aliphatic carbocycles. The number of nitrogens with one attached hydrogen (secondary N) is 1. The summed E-state index contributed by atoms with van der Waals surface area (Å²) < 4.78 is 1.87. The molecule has 0 saturated heterocycles. The van der Waals surface area contributed by atoms with Crippen molar-refractivity contribution in [2.24, 2.45) is 13.0 Å². The number of rotatable bonds is 7. The van der Waals surface area contributed by atoms with E-state index in [9.17, 15) is 0 Å². The quantitative estimate of drug-likeness (QED) is 0.719. The van der Waals surface area contributed by atoms with Crippen molar-refractivity contribution in [1.82, 2.24) is 15.1 Å². The van der Waals surface area contributed by atoms with Crippen LogP contribution in [0.15, 0.2) is 12.4 Å². The van der Waals surface area contributed by atoms with Gasteiger partial charge in [-0.25, -0.2) is 0 Å². The zero-order valence-corrected chi connectivity index (χ0v) is 11.0. The third kappa shape index (κ3) is 4.35. The second kappa shape index (κ2) is 6.69. The summed E-state index contributed by atoms with van der Waals surface area (Å²) in [4.78, 5) is 0. The van der Waals surface area contributed by atoms with Crippen molar-refractivity contribution in [1.29, 1.82) is 0 Å². The summed E-state index contributed by atoms with van der Waals surface area (Å²) in [6.45, 7) is 4.56. The molecule has 0 saturated carbocycles. The van der Waals surface area contributed by atoms with Gasteiger partial charge < -0.3 is 5.32 Å². The van der Waals surface area contributed by atoms with E-state index in [1.807, 2.05) is 17.9 Å². The van der Waals surface area contributed by atoms with Crippen molar-refractivity contribution in [3.63, 3.8) is 0 Å². The van der Waals surface area contributed by atoms with E-state index in [1.54, 1.807) is 0 Å². The average molecular weight is 223 g/mol. The molecule has 1 aromatic heterocycles.